The Bertz CT molecular complexity index is 659. The number of carbonyl (C=O) groups is 1. The summed E-state index contributed by atoms with van der Waals surface area (Å²) >= 11 is 0. The van der Waals surface area contributed by atoms with Gasteiger partial charge in [-0.2, -0.15) is 0 Å². The molecule has 7 heteroatoms. The third-order valence-electron chi connectivity index (χ3n) is 2.48. The highest BCUT2D eigenvalue weighted by Crippen LogP contribution is 2.12. The normalized spacial score (nSPS) is 12.3. The van der Waals surface area contributed by atoms with Crippen molar-refractivity contribution < 1.29 is 18.3 Å². The van der Waals surface area contributed by atoms with Crippen molar-refractivity contribution in [2.45, 2.75) is 30.7 Å². The molecular weight excluding hydrogens is 292 g/mol. The van der Waals surface area contributed by atoms with Gasteiger partial charge in [0.05, 0.1) is 11.5 Å². The predicted octanol–water partition coefficient (Wildman–Crippen LogP) is -0.0373. The van der Waals surface area contributed by atoms with Crippen LogP contribution in [0.4, 0.5) is 0 Å². The summed E-state index contributed by atoms with van der Waals surface area (Å²) in [5.41, 5.74) is 5.57. The molecule has 1 aromatic rings. The number of nitrogens with one attached hydrogen (secondary N) is 1. The van der Waals surface area contributed by atoms with Gasteiger partial charge < -0.3 is 10.8 Å². The standard InChI is InChI=1S/C14H18N2O4S/c1-11(9-14(15)18)16-21(19,20)13-7-4-6-12(10-13)5-2-3-8-17/h4,6-7,10-11,16-17H,3,8-9H2,1H3,(H2,15,18). The van der Waals surface area contributed by atoms with E-state index in [-0.39, 0.29) is 17.9 Å². The highest BCUT2D eigenvalue weighted by molar-refractivity contribution is 7.89. The summed E-state index contributed by atoms with van der Waals surface area (Å²) in [6, 6.07) is 5.55. The van der Waals surface area contributed by atoms with Crippen LogP contribution >= 0.6 is 0 Å². The molecule has 0 aliphatic carbocycles. The zero-order valence-electron chi connectivity index (χ0n) is 11.7. The number of aliphatic hydroxyl groups excluding tert-OH is 1. The van der Waals surface area contributed by atoms with Crippen LogP contribution in [-0.2, 0) is 14.8 Å². The fraction of sp³-hybridized carbons (Fsp3) is 0.357. The van der Waals surface area contributed by atoms with Crippen molar-refractivity contribution in [1.29, 1.82) is 0 Å². The van der Waals surface area contributed by atoms with Crippen LogP contribution in [0.15, 0.2) is 29.2 Å². The molecule has 21 heavy (non-hydrogen) atoms. The second-order valence-electron chi connectivity index (χ2n) is 4.50. The average Bonchev–Trinajstić information content (AvgIpc) is 2.37. The van der Waals surface area contributed by atoms with E-state index in [1.807, 2.05) is 0 Å². The summed E-state index contributed by atoms with van der Waals surface area (Å²) in [5.74, 6) is 4.91. The van der Waals surface area contributed by atoms with Crippen LogP contribution in [0.3, 0.4) is 0 Å². The van der Waals surface area contributed by atoms with E-state index in [0.717, 1.165) is 0 Å². The molecule has 0 aromatic heterocycles. The van der Waals surface area contributed by atoms with Gasteiger partial charge in [0.2, 0.25) is 15.9 Å². The van der Waals surface area contributed by atoms with E-state index in [9.17, 15) is 13.2 Å². The lowest BCUT2D eigenvalue weighted by atomic mass is 10.2. The fourth-order valence-electron chi connectivity index (χ4n) is 1.64. The lowest BCUT2D eigenvalue weighted by Crippen LogP contribution is -2.35. The summed E-state index contributed by atoms with van der Waals surface area (Å²) in [5, 5.41) is 8.65. The molecule has 0 heterocycles. The van der Waals surface area contributed by atoms with Gasteiger partial charge in [0, 0.05) is 24.4 Å². The van der Waals surface area contributed by atoms with Gasteiger partial charge >= 0.3 is 0 Å². The van der Waals surface area contributed by atoms with Crippen LogP contribution in [-0.4, -0.2) is 32.1 Å². The molecule has 6 nitrogen and oxygen atoms in total. The van der Waals surface area contributed by atoms with Crippen molar-refractivity contribution in [1.82, 2.24) is 4.72 Å². The first-order chi connectivity index (χ1) is 9.85. The highest BCUT2D eigenvalue weighted by Gasteiger charge is 2.18. The SMILES string of the molecule is CC(CC(N)=O)NS(=O)(=O)c1cccc(C#CCCO)c1. The van der Waals surface area contributed by atoms with Crippen LogP contribution in [0.25, 0.3) is 0 Å². The van der Waals surface area contributed by atoms with E-state index in [1.54, 1.807) is 19.1 Å². The zero-order valence-corrected chi connectivity index (χ0v) is 12.5. The third kappa shape index (κ3) is 5.95. The van der Waals surface area contributed by atoms with Crippen molar-refractivity contribution >= 4 is 15.9 Å². The third-order valence-corrected chi connectivity index (χ3v) is 4.06. The topological polar surface area (TPSA) is 109 Å². The molecule has 114 valence electrons. The largest absolute Gasteiger partial charge is 0.395 e. The molecule has 0 saturated carbocycles. The Labute approximate surface area is 124 Å². The zero-order chi connectivity index (χ0) is 15.9. The van der Waals surface area contributed by atoms with Crippen molar-refractivity contribution in [3.63, 3.8) is 0 Å². The lowest BCUT2D eigenvalue weighted by molar-refractivity contribution is -0.118. The Kier molecular flexibility index (Phi) is 6.37. The maximum Gasteiger partial charge on any atom is 0.240 e. The molecule has 0 aliphatic rings. The number of rotatable bonds is 6. The number of amides is 1. The molecule has 1 atom stereocenters. The minimum absolute atomic E-state index is 0.0445. The molecule has 0 bridgehead atoms. The van der Waals surface area contributed by atoms with Gasteiger partial charge in [-0.25, -0.2) is 13.1 Å². The van der Waals surface area contributed by atoms with Crippen LogP contribution in [0.1, 0.15) is 25.3 Å². The fourth-order valence-corrected chi connectivity index (χ4v) is 2.93. The molecule has 1 rings (SSSR count). The van der Waals surface area contributed by atoms with Gasteiger partial charge in [0.15, 0.2) is 0 Å². The highest BCUT2D eigenvalue weighted by atomic mass is 32.2. The quantitative estimate of drug-likeness (QED) is 0.641. The van der Waals surface area contributed by atoms with Crippen LogP contribution < -0.4 is 10.5 Å². The summed E-state index contributed by atoms with van der Waals surface area (Å²) in [7, 11) is -3.73. The van der Waals surface area contributed by atoms with E-state index in [4.69, 9.17) is 10.8 Å². The van der Waals surface area contributed by atoms with Crippen molar-refractivity contribution in [3.8, 4) is 11.8 Å². The van der Waals surface area contributed by atoms with Gasteiger partial charge in [-0.15, -0.1) is 0 Å². The Hall–Kier alpha value is -1.88. The van der Waals surface area contributed by atoms with Crippen LogP contribution in [0.2, 0.25) is 0 Å². The number of aliphatic hydroxyl groups is 1. The first kappa shape index (κ1) is 17.2. The van der Waals surface area contributed by atoms with Crippen molar-refractivity contribution in [2.24, 2.45) is 5.73 Å². The molecule has 1 aromatic carbocycles. The van der Waals surface area contributed by atoms with Crippen LogP contribution in [0.5, 0.6) is 0 Å². The summed E-state index contributed by atoms with van der Waals surface area (Å²) in [6.07, 6.45) is 0.250. The van der Waals surface area contributed by atoms with Gasteiger partial charge in [-0.1, -0.05) is 17.9 Å². The summed E-state index contributed by atoms with van der Waals surface area (Å²) < 4.78 is 26.7. The van der Waals surface area contributed by atoms with Gasteiger partial charge in [0.1, 0.15) is 0 Å². The van der Waals surface area contributed by atoms with E-state index >= 15 is 0 Å². The number of hydrogen-bond donors (Lipinski definition) is 3. The molecule has 1 unspecified atom stereocenters. The van der Waals surface area contributed by atoms with Crippen molar-refractivity contribution in [3.05, 3.63) is 29.8 Å². The van der Waals surface area contributed by atoms with E-state index < -0.39 is 22.0 Å². The second kappa shape index (κ2) is 7.78. The lowest BCUT2D eigenvalue weighted by Gasteiger charge is -2.12. The van der Waals surface area contributed by atoms with E-state index in [0.29, 0.717) is 12.0 Å². The molecular formula is C14H18N2O4S. The van der Waals surface area contributed by atoms with Gasteiger partial charge in [-0.05, 0) is 25.1 Å². The van der Waals surface area contributed by atoms with E-state index in [2.05, 4.69) is 16.6 Å². The molecule has 0 saturated heterocycles. The predicted molar refractivity (Wildman–Crippen MR) is 78.6 cm³/mol. The van der Waals surface area contributed by atoms with Gasteiger partial charge in [0.25, 0.3) is 0 Å². The number of sulfonamides is 1. The number of carbonyl (C=O) groups excluding carboxylic acids is 1. The Morgan fingerprint density at radius 2 is 2.19 bits per heavy atom. The number of primary amides is 1. The van der Waals surface area contributed by atoms with Gasteiger partial charge in [-0.3, -0.25) is 4.79 Å². The second-order valence-corrected chi connectivity index (χ2v) is 6.21. The minimum atomic E-state index is -3.73. The minimum Gasteiger partial charge on any atom is -0.395 e. The molecule has 0 radical (unpaired) electrons. The molecule has 0 aliphatic heterocycles. The van der Waals surface area contributed by atoms with E-state index in [1.165, 1.54) is 12.1 Å². The number of nitrogens with two attached hydrogens (primary N) is 1. The Balaban J connectivity index is 2.91. The van der Waals surface area contributed by atoms with Crippen LogP contribution in [0, 0.1) is 11.8 Å². The van der Waals surface area contributed by atoms with Crippen molar-refractivity contribution in [2.75, 3.05) is 6.61 Å². The molecule has 0 spiro atoms. The summed E-state index contributed by atoms with van der Waals surface area (Å²) in [4.78, 5) is 10.8. The molecule has 0 fully saturated rings. The average molecular weight is 310 g/mol. The molecule has 4 N–H and O–H groups in total. The monoisotopic (exact) mass is 310 g/mol. The molecule has 1 amide bonds. The maximum atomic E-state index is 12.2. The Morgan fingerprint density at radius 3 is 2.81 bits per heavy atom. The number of hydrogen-bond acceptors (Lipinski definition) is 4. The summed E-state index contributed by atoms with van der Waals surface area (Å²) in [6.45, 7) is 1.52. The first-order valence-electron chi connectivity index (χ1n) is 6.35. The smallest absolute Gasteiger partial charge is 0.240 e. The maximum absolute atomic E-state index is 12.2. The Morgan fingerprint density at radius 1 is 1.48 bits per heavy atom. The first-order valence-corrected chi connectivity index (χ1v) is 7.84. The number of benzene rings is 1.